The summed E-state index contributed by atoms with van der Waals surface area (Å²) in [5, 5.41) is 0. The third-order valence-corrected chi connectivity index (χ3v) is 2.14. The summed E-state index contributed by atoms with van der Waals surface area (Å²) >= 11 is 0. The Morgan fingerprint density at radius 2 is 1.89 bits per heavy atom. The average molecular weight is 252 g/mol. The van der Waals surface area contributed by atoms with Crippen LogP contribution in [-0.4, -0.2) is 25.7 Å². The highest BCUT2D eigenvalue weighted by atomic mass is 16.6. The molecule has 0 saturated carbocycles. The quantitative estimate of drug-likeness (QED) is 0.788. The normalized spacial score (nSPS) is 11.4. The van der Waals surface area contributed by atoms with E-state index in [-0.39, 0.29) is 6.61 Å². The van der Waals surface area contributed by atoms with Gasteiger partial charge in [-0.3, -0.25) is 10.2 Å². The second-order valence-corrected chi connectivity index (χ2v) is 3.36. The Morgan fingerprint density at radius 1 is 1.22 bits per heavy atom. The lowest BCUT2D eigenvalue weighted by molar-refractivity contribution is -0.132. The van der Waals surface area contributed by atoms with Crippen LogP contribution in [0, 0.1) is 0 Å². The van der Waals surface area contributed by atoms with Crippen molar-refractivity contribution in [2.24, 2.45) is 0 Å². The number of nitrogens with one attached hydrogen (secondary N) is 2. The maximum Gasteiger partial charge on any atom is 0.426 e. The molecule has 0 aliphatic carbocycles. The minimum Gasteiger partial charge on any atom is -0.449 e. The number of hydrogen-bond donors (Lipinski definition) is 2. The zero-order valence-electron chi connectivity index (χ0n) is 10.3. The Kier molecular flexibility index (Phi) is 5.66. The summed E-state index contributed by atoms with van der Waals surface area (Å²) in [5.41, 5.74) is 5.05. The van der Waals surface area contributed by atoms with Crippen molar-refractivity contribution < 1.29 is 19.1 Å². The molecule has 0 aromatic heterocycles. The third-order valence-electron chi connectivity index (χ3n) is 2.14. The van der Waals surface area contributed by atoms with E-state index in [1.165, 1.54) is 7.11 Å². The third kappa shape index (κ3) is 4.06. The Bertz CT molecular complexity index is 394. The van der Waals surface area contributed by atoms with E-state index >= 15 is 0 Å². The van der Waals surface area contributed by atoms with Crippen molar-refractivity contribution in [3.8, 4) is 0 Å². The van der Waals surface area contributed by atoms with Crippen molar-refractivity contribution in [2.75, 3.05) is 13.7 Å². The highest BCUT2D eigenvalue weighted by molar-refractivity contribution is 5.83. The predicted octanol–water partition coefficient (Wildman–Crippen LogP) is 1.15. The zero-order valence-corrected chi connectivity index (χ0v) is 10.3. The fourth-order valence-corrected chi connectivity index (χ4v) is 1.37. The summed E-state index contributed by atoms with van der Waals surface area (Å²) in [5.74, 6) is -0.475. The molecule has 0 spiro atoms. The van der Waals surface area contributed by atoms with Gasteiger partial charge >= 0.3 is 6.09 Å². The maximum atomic E-state index is 11.8. The van der Waals surface area contributed by atoms with Gasteiger partial charge in [-0.2, -0.15) is 0 Å². The van der Waals surface area contributed by atoms with Crippen molar-refractivity contribution in [3.63, 3.8) is 0 Å². The van der Waals surface area contributed by atoms with E-state index in [0.29, 0.717) is 5.56 Å². The van der Waals surface area contributed by atoms with Gasteiger partial charge in [0, 0.05) is 7.11 Å². The second kappa shape index (κ2) is 7.29. The summed E-state index contributed by atoms with van der Waals surface area (Å²) < 4.78 is 9.69. The van der Waals surface area contributed by atoms with Gasteiger partial charge in [0.05, 0.1) is 6.61 Å². The van der Waals surface area contributed by atoms with Gasteiger partial charge < -0.3 is 9.47 Å². The first-order chi connectivity index (χ1) is 8.69. The minimum atomic E-state index is -0.784. The van der Waals surface area contributed by atoms with Crippen molar-refractivity contribution in [3.05, 3.63) is 35.9 Å². The van der Waals surface area contributed by atoms with E-state index in [0.717, 1.165) is 0 Å². The minimum absolute atomic E-state index is 0.230. The fourth-order valence-electron chi connectivity index (χ4n) is 1.37. The van der Waals surface area contributed by atoms with E-state index in [1.807, 2.05) is 6.07 Å². The molecule has 18 heavy (non-hydrogen) atoms. The van der Waals surface area contributed by atoms with Crippen LogP contribution in [0.1, 0.15) is 18.6 Å². The van der Waals surface area contributed by atoms with Gasteiger partial charge in [-0.15, -0.1) is 0 Å². The average Bonchev–Trinajstić information content (AvgIpc) is 2.39. The molecule has 0 heterocycles. The molecular weight excluding hydrogens is 236 g/mol. The molecular formula is C12H16N2O4. The largest absolute Gasteiger partial charge is 0.449 e. The lowest BCUT2D eigenvalue weighted by Gasteiger charge is -2.15. The molecule has 2 amide bonds. The van der Waals surface area contributed by atoms with E-state index in [9.17, 15) is 9.59 Å². The first-order valence-corrected chi connectivity index (χ1v) is 5.49. The van der Waals surface area contributed by atoms with Crippen LogP contribution < -0.4 is 10.9 Å². The van der Waals surface area contributed by atoms with Crippen molar-refractivity contribution in [1.82, 2.24) is 10.9 Å². The number of amides is 2. The van der Waals surface area contributed by atoms with Crippen LogP contribution in [0.4, 0.5) is 4.79 Å². The number of hydrogen-bond acceptors (Lipinski definition) is 4. The van der Waals surface area contributed by atoms with Gasteiger partial charge in [-0.25, -0.2) is 10.2 Å². The first-order valence-electron chi connectivity index (χ1n) is 5.49. The summed E-state index contributed by atoms with van der Waals surface area (Å²) in [6.45, 7) is 1.90. The highest BCUT2D eigenvalue weighted by Crippen LogP contribution is 2.15. The molecule has 1 rings (SSSR count). The Morgan fingerprint density at radius 3 is 2.44 bits per heavy atom. The number of ether oxygens (including phenoxy) is 2. The van der Waals surface area contributed by atoms with Crippen molar-refractivity contribution >= 4 is 12.0 Å². The highest BCUT2D eigenvalue weighted by Gasteiger charge is 2.20. The standard InChI is InChI=1S/C12H16N2O4/c1-3-18-12(16)14-13-11(15)10(17-2)9-7-5-4-6-8-9/h4-8,10H,3H2,1-2H3,(H,13,15)(H,14,16). The lowest BCUT2D eigenvalue weighted by Crippen LogP contribution is -2.44. The number of benzene rings is 1. The van der Waals surface area contributed by atoms with Crippen LogP contribution in [0.2, 0.25) is 0 Å². The molecule has 2 N–H and O–H groups in total. The molecule has 98 valence electrons. The van der Waals surface area contributed by atoms with Gasteiger partial charge in [-0.05, 0) is 12.5 Å². The molecule has 0 radical (unpaired) electrons. The molecule has 0 saturated heterocycles. The Balaban J connectivity index is 2.56. The predicted molar refractivity (Wildman–Crippen MR) is 64.5 cm³/mol. The Labute approximate surface area is 105 Å². The zero-order chi connectivity index (χ0) is 13.4. The van der Waals surface area contributed by atoms with Gasteiger partial charge in [0.2, 0.25) is 0 Å². The summed E-state index contributed by atoms with van der Waals surface area (Å²) in [6.07, 6.45) is -1.50. The molecule has 1 aromatic carbocycles. The lowest BCUT2D eigenvalue weighted by atomic mass is 10.1. The van der Waals surface area contributed by atoms with E-state index < -0.39 is 18.1 Å². The maximum absolute atomic E-state index is 11.8. The van der Waals surface area contributed by atoms with Crippen LogP contribution in [0.25, 0.3) is 0 Å². The van der Waals surface area contributed by atoms with Crippen LogP contribution in [-0.2, 0) is 14.3 Å². The molecule has 0 fully saturated rings. The van der Waals surface area contributed by atoms with Gasteiger partial charge in [-0.1, -0.05) is 30.3 Å². The molecule has 1 atom stereocenters. The molecule has 0 bridgehead atoms. The summed E-state index contributed by atoms with van der Waals surface area (Å²) in [6, 6.07) is 8.96. The van der Waals surface area contributed by atoms with Gasteiger partial charge in [0.1, 0.15) is 0 Å². The van der Waals surface area contributed by atoms with Crippen LogP contribution in [0.5, 0.6) is 0 Å². The number of methoxy groups -OCH3 is 1. The smallest absolute Gasteiger partial charge is 0.426 e. The number of carbonyl (C=O) groups is 2. The number of carbonyl (C=O) groups excluding carboxylic acids is 2. The van der Waals surface area contributed by atoms with Crippen LogP contribution in [0.15, 0.2) is 30.3 Å². The summed E-state index contributed by atoms with van der Waals surface area (Å²) in [4.78, 5) is 22.8. The molecule has 1 unspecified atom stereocenters. The van der Waals surface area contributed by atoms with E-state index in [2.05, 4.69) is 15.6 Å². The fraction of sp³-hybridized carbons (Fsp3) is 0.333. The van der Waals surface area contributed by atoms with E-state index in [1.54, 1.807) is 31.2 Å². The first kappa shape index (κ1) is 14.0. The Hall–Kier alpha value is -2.08. The molecule has 0 aliphatic rings. The molecule has 0 aliphatic heterocycles. The molecule has 1 aromatic rings. The monoisotopic (exact) mass is 252 g/mol. The number of rotatable bonds is 4. The van der Waals surface area contributed by atoms with Crippen molar-refractivity contribution in [2.45, 2.75) is 13.0 Å². The van der Waals surface area contributed by atoms with Gasteiger partial charge in [0.25, 0.3) is 5.91 Å². The van der Waals surface area contributed by atoms with Crippen LogP contribution in [0.3, 0.4) is 0 Å². The molecule has 6 nitrogen and oxygen atoms in total. The molecule has 6 heteroatoms. The van der Waals surface area contributed by atoms with Crippen molar-refractivity contribution in [1.29, 1.82) is 0 Å². The SMILES string of the molecule is CCOC(=O)NNC(=O)C(OC)c1ccccc1. The van der Waals surface area contributed by atoms with Gasteiger partial charge in [0.15, 0.2) is 6.10 Å². The topological polar surface area (TPSA) is 76.7 Å². The van der Waals surface area contributed by atoms with Crippen LogP contribution >= 0.6 is 0 Å². The van der Waals surface area contributed by atoms with E-state index in [4.69, 9.17) is 4.74 Å². The summed E-state index contributed by atoms with van der Waals surface area (Å²) in [7, 11) is 1.42. The second-order valence-electron chi connectivity index (χ2n) is 3.36. The number of hydrazine groups is 1.